The lowest BCUT2D eigenvalue weighted by Crippen LogP contribution is -2.34. The highest BCUT2D eigenvalue weighted by Crippen LogP contribution is 2.28. The largest absolute Gasteiger partial charge is 0.497 e. The maximum absolute atomic E-state index is 12.6. The van der Waals surface area contributed by atoms with Crippen LogP contribution in [0.2, 0.25) is 0 Å². The summed E-state index contributed by atoms with van der Waals surface area (Å²) in [5.41, 5.74) is 2.78. The molecule has 1 aliphatic rings. The molecule has 0 aliphatic carbocycles. The summed E-state index contributed by atoms with van der Waals surface area (Å²) in [5, 5.41) is 3.29. The van der Waals surface area contributed by atoms with E-state index >= 15 is 0 Å². The van der Waals surface area contributed by atoms with Gasteiger partial charge in [-0.05, 0) is 23.3 Å². The number of methoxy groups -OCH3 is 1. The van der Waals surface area contributed by atoms with Gasteiger partial charge in [-0.1, -0.05) is 36.4 Å². The number of Topliss-reactive ketones (excluding diaryl/α,β-unsaturated/α-hetero) is 1. The first kappa shape index (κ1) is 11.9. The Labute approximate surface area is 112 Å². The number of fused-ring (bicyclic) bond motifs is 1. The average molecular weight is 253 g/mol. The first-order valence-electron chi connectivity index (χ1n) is 6.29. The van der Waals surface area contributed by atoms with Gasteiger partial charge in [0.15, 0.2) is 5.78 Å². The third-order valence-corrected chi connectivity index (χ3v) is 3.47. The summed E-state index contributed by atoms with van der Waals surface area (Å²) in [6, 6.07) is 15.2. The summed E-state index contributed by atoms with van der Waals surface area (Å²) in [6.07, 6.45) is 0. The molecule has 1 heterocycles. The first-order chi connectivity index (χ1) is 9.29. The number of rotatable bonds is 2. The van der Waals surface area contributed by atoms with E-state index in [4.69, 9.17) is 4.74 Å². The zero-order chi connectivity index (χ0) is 13.2. The molecule has 96 valence electrons. The quantitative estimate of drug-likeness (QED) is 0.894. The minimum Gasteiger partial charge on any atom is -0.497 e. The highest BCUT2D eigenvalue weighted by Gasteiger charge is 2.28. The van der Waals surface area contributed by atoms with E-state index in [1.54, 1.807) is 7.11 Å². The molecule has 0 amide bonds. The van der Waals surface area contributed by atoms with Crippen molar-refractivity contribution in [2.75, 3.05) is 7.11 Å². The van der Waals surface area contributed by atoms with Gasteiger partial charge in [0.1, 0.15) is 5.75 Å². The molecule has 0 bridgehead atoms. The number of ketones is 1. The molecule has 1 unspecified atom stereocenters. The average Bonchev–Trinajstić information content (AvgIpc) is 2.48. The van der Waals surface area contributed by atoms with E-state index in [1.807, 2.05) is 48.5 Å². The van der Waals surface area contributed by atoms with Crippen molar-refractivity contribution >= 4 is 5.78 Å². The molecule has 0 spiro atoms. The molecule has 0 saturated carbocycles. The van der Waals surface area contributed by atoms with Crippen LogP contribution < -0.4 is 10.1 Å². The minimum atomic E-state index is -0.263. The molecule has 1 aliphatic heterocycles. The maximum Gasteiger partial charge on any atom is 0.184 e. The molecule has 2 aromatic rings. The number of hydrogen-bond donors (Lipinski definition) is 1. The molecule has 19 heavy (non-hydrogen) atoms. The van der Waals surface area contributed by atoms with Gasteiger partial charge in [0, 0.05) is 12.1 Å². The fraction of sp³-hybridized carbons (Fsp3) is 0.188. The highest BCUT2D eigenvalue weighted by atomic mass is 16.5. The third-order valence-electron chi connectivity index (χ3n) is 3.47. The Morgan fingerprint density at radius 3 is 2.68 bits per heavy atom. The van der Waals surface area contributed by atoms with Gasteiger partial charge in [0.25, 0.3) is 0 Å². The number of nitrogens with one attached hydrogen (secondary N) is 1. The summed E-state index contributed by atoms with van der Waals surface area (Å²) in [5.74, 6) is 0.826. The summed E-state index contributed by atoms with van der Waals surface area (Å²) in [4.78, 5) is 12.6. The second kappa shape index (κ2) is 4.86. The highest BCUT2D eigenvalue weighted by molar-refractivity contribution is 6.03. The molecule has 0 aromatic heterocycles. The molecule has 3 heteroatoms. The molecule has 0 radical (unpaired) electrons. The Morgan fingerprint density at radius 1 is 1.16 bits per heavy atom. The van der Waals surface area contributed by atoms with Crippen molar-refractivity contribution in [1.82, 2.24) is 5.32 Å². The Bertz CT molecular complexity index is 607. The van der Waals surface area contributed by atoms with Crippen molar-refractivity contribution in [2.45, 2.75) is 12.6 Å². The van der Waals surface area contributed by atoms with Crippen molar-refractivity contribution in [3.8, 4) is 5.75 Å². The zero-order valence-corrected chi connectivity index (χ0v) is 10.7. The van der Waals surface area contributed by atoms with Crippen LogP contribution >= 0.6 is 0 Å². The van der Waals surface area contributed by atoms with E-state index in [0.29, 0.717) is 6.54 Å². The van der Waals surface area contributed by atoms with Gasteiger partial charge in [0.05, 0.1) is 13.2 Å². The molecule has 1 atom stereocenters. The van der Waals surface area contributed by atoms with Crippen LogP contribution in [-0.4, -0.2) is 12.9 Å². The predicted octanol–water partition coefficient (Wildman–Crippen LogP) is 2.72. The second-order valence-corrected chi connectivity index (χ2v) is 4.61. The fourth-order valence-electron chi connectivity index (χ4n) is 2.44. The summed E-state index contributed by atoms with van der Waals surface area (Å²) >= 11 is 0. The van der Waals surface area contributed by atoms with Crippen molar-refractivity contribution in [3.05, 3.63) is 65.2 Å². The van der Waals surface area contributed by atoms with E-state index in [1.165, 1.54) is 0 Å². The predicted molar refractivity (Wildman–Crippen MR) is 73.3 cm³/mol. The van der Waals surface area contributed by atoms with E-state index in [2.05, 4.69) is 5.32 Å². The van der Waals surface area contributed by atoms with Crippen LogP contribution in [0.5, 0.6) is 5.75 Å². The number of benzene rings is 2. The Hall–Kier alpha value is -2.13. The SMILES string of the molecule is COc1ccc2c(c1)C(=O)C(c1ccccc1)NC2. The second-order valence-electron chi connectivity index (χ2n) is 4.61. The lowest BCUT2D eigenvalue weighted by molar-refractivity contribution is 0.0930. The van der Waals surface area contributed by atoms with Crippen LogP contribution in [0.4, 0.5) is 0 Å². The van der Waals surface area contributed by atoms with Gasteiger partial charge in [-0.2, -0.15) is 0 Å². The molecule has 2 aromatic carbocycles. The molecule has 3 rings (SSSR count). The molecule has 3 nitrogen and oxygen atoms in total. The van der Waals surface area contributed by atoms with Crippen LogP contribution in [0.3, 0.4) is 0 Å². The van der Waals surface area contributed by atoms with Crippen LogP contribution in [0, 0.1) is 0 Å². The lowest BCUT2D eigenvalue weighted by Gasteiger charge is -2.25. The summed E-state index contributed by atoms with van der Waals surface area (Å²) in [7, 11) is 1.61. The van der Waals surface area contributed by atoms with Gasteiger partial charge in [0.2, 0.25) is 0 Å². The first-order valence-corrected chi connectivity index (χ1v) is 6.29. The fourth-order valence-corrected chi connectivity index (χ4v) is 2.44. The molecule has 0 saturated heterocycles. The monoisotopic (exact) mass is 253 g/mol. The number of carbonyl (C=O) groups excluding carboxylic acids is 1. The minimum absolute atomic E-state index is 0.103. The van der Waals surface area contributed by atoms with Gasteiger partial charge in [-0.15, -0.1) is 0 Å². The third kappa shape index (κ3) is 2.13. The standard InChI is InChI=1S/C16H15NO2/c1-19-13-8-7-12-10-17-15(16(18)14(12)9-13)11-5-3-2-4-6-11/h2-9,15,17H,10H2,1H3. The van der Waals surface area contributed by atoms with Crippen LogP contribution in [0.15, 0.2) is 48.5 Å². The van der Waals surface area contributed by atoms with Gasteiger partial charge >= 0.3 is 0 Å². The van der Waals surface area contributed by atoms with E-state index in [-0.39, 0.29) is 11.8 Å². The Morgan fingerprint density at radius 2 is 1.95 bits per heavy atom. The van der Waals surface area contributed by atoms with Gasteiger partial charge in [-0.3, -0.25) is 10.1 Å². The Balaban J connectivity index is 1.99. The normalized spacial score (nSPS) is 17.9. The van der Waals surface area contributed by atoms with Crippen LogP contribution in [0.25, 0.3) is 0 Å². The topological polar surface area (TPSA) is 38.3 Å². The lowest BCUT2D eigenvalue weighted by atomic mass is 9.90. The zero-order valence-electron chi connectivity index (χ0n) is 10.7. The van der Waals surface area contributed by atoms with Gasteiger partial charge in [-0.25, -0.2) is 0 Å². The number of carbonyl (C=O) groups is 1. The van der Waals surface area contributed by atoms with Crippen molar-refractivity contribution in [1.29, 1.82) is 0 Å². The van der Waals surface area contributed by atoms with Gasteiger partial charge < -0.3 is 4.74 Å². The Kier molecular flexibility index (Phi) is 3.05. The maximum atomic E-state index is 12.6. The molecule has 0 fully saturated rings. The van der Waals surface area contributed by atoms with Crippen molar-refractivity contribution in [2.24, 2.45) is 0 Å². The smallest absolute Gasteiger partial charge is 0.184 e. The van der Waals surface area contributed by atoms with Crippen molar-refractivity contribution < 1.29 is 9.53 Å². The van der Waals surface area contributed by atoms with E-state index < -0.39 is 0 Å². The van der Waals surface area contributed by atoms with E-state index in [9.17, 15) is 4.79 Å². The van der Waals surface area contributed by atoms with Crippen LogP contribution in [-0.2, 0) is 6.54 Å². The number of hydrogen-bond acceptors (Lipinski definition) is 3. The summed E-state index contributed by atoms with van der Waals surface area (Å²) < 4.78 is 5.20. The summed E-state index contributed by atoms with van der Waals surface area (Å²) in [6.45, 7) is 0.699. The molecular weight excluding hydrogens is 238 g/mol. The van der Waals surface area contributed by atoms with Crippen molar-refractivity contribution in [3.63, 3.8) is 0 Å². The number of ether oxygens (including phenoxy) is 1. The molecular formula is C16H15NO2. The molecule has 1 N–H and O–H groups in total. The van der Waals surface area contributed by atoms with Crippen LogP contribution in [0.1, 0.15) is 27.5 Å². The van der Waals surface area contributed by atoms with E-state index in [0.717, 1.165) is 22.4 Å².